The SMILES string of the molecule is CC1CC(C)CC(NCc2ccnc(C#N)c2)C1. The van der Waals surface area contributed by atoms with Crippen molar-refractivity contribution in [1.29, 1.82) is 5.26 Å². The van der Waals surface area contributed by atoms with Crippen molar-refractivity contribution < 1.29 is 0 Å². The Hall–Kier alpha value is -1.40. The molecule has 1 heterocycles. The van der Waals surface area contributed by atoms with Crippen LogP contribution in [-0.4, -0.2) is 11.0 Å². The summed E-state index contributed by atoms with van der Waals surface area (Å²) in [6.45, 7) is 5.51. The highest BCUT2D eigenvalue weighted by Crippen LogP contribution is 2.28. The summed E-state index contributed by atoms with van der Waals surface area (Å²) in [6.07, 6.45) is 5.59. The van der Waals surface area contributed by atoms with Crippen LogP contribution < -0.4 is 5.32 Å². The summed E-state index contributed by atoms with van der Waals surface area (Å²) in [5.41, 5.74) is 1.65. The molecular weight excluding hydrogens is 222 g/mol. The lowest BCUT2D eigenvalue weighted by molar-refractivity contribution is 0.238. The Labute approximate surface area is 109 Å². The lowest BCUT2D eigenvalue weighted by Gasteiger charge is -2.32. The Kier molecular flexibility index (Phi) is 4.33. The van der Waals surface area contributed by atoms with Crippen molar-refractivity contribution in [2.75, 3.05) is 0 Å². The smallest absolute Gasteiger partial charge is 0.140 e. The zero-order chi connectivity index (χ0) is 13.0. The van der Waals surface area contributed by atoms with Crippen molar-refractivity contribution in [3.8, 4) is 6.07 Å². The van der Waals surface area contributed by atoms with Crippen molar-refractivity contribution in [3.05, 3.63) is 29.6 Å². The van der Waals surface area contributed by atoms with Crippen LogP contribution in [0.15, 0.2) is 18.3 Å². The molecule has 1 aromatic heterocycles. The number of nitrogens with zero attached hydrogens (tertiary/aromatic N) is 2. The van der Waals surface area contributed by atoms with Gasteiger partial charge in [-0.15, -0.1) is 0 Å². The molecule has 96 valence electrons. The number of nitrogens with one attached hydrogen (secondary N) is 1. The van der Waals surface area contributed by atoms with Gasteiger partial charge in [0.15, 0.2) is 0 Å². The van der Waals surface area contributed by atoms with E-state index < -0.39 is 0 Å². The molecule has 0 aliphatic heterocycles. The van der Waals surface area contributed by atoms with E-state index >= 15 is 0 Å². The predicted molar refractivity (Wildman–Crippen MR) is 71.8 cm³/mol. The maximum atomic E-state index is 8.82. The van der Waals surface area contributed by atoms with Crippen LogP contribution in [0.25, 0.3) is 0 Å². The second kappa shape index (κ2) is 5.97. The summed E-state index contributed by atoms with van der Waals surface area (Å²) in [5.74, 6) is 1.64. The molecule has 3 heteroatoms. The Balaban J connectivity index is 1.89. The predicted octanol–water partition coefficient (Wildman–Crippen LogP) is 2.87. The lowest BCUT2D eigenvalue weighted by Crippen LogP contribution is -2.35. The third kappa shape index (κ3) is 3.54. The molecule has 1 aromatic rings. The zero-order valence-electron chi connectivity index (χ0n) is 11.2. The molecule has 0 saturated heterocycles. The minimum Gasteiger partial charge on any atom is -0.310 e. The molecule has 0 radical (unpaired) electrons. The van der Waals surface area contributed by atoms with Crippen molar-refractivity contribution in [1.82, 2.24) is 10.3 Å². The largest absolute Gasteiger partial charge is 0.310 e. The molecule has 2 atom stereocenters. The Morgan fingerprint density at radius 1 is 1.33 bits per heavy atom. The van der Waals surface area contributed by atoms with E-state index in [0.717, 1.165) is 23.9 Å². The van der Waals surface area contributed by atoms with Crippen molar-refractivity contribution in [3.63, 3.8) is 0 Å². The first kappa shape index (κ1) is 13.0. The average molecular weight is 243 g/mol. The van der Waals surface area contributed by atoms with Crippen LogP contribution in [0.1, 0.15) is 44.4 Å². The van der Waals surface area contributed by atoms with E-state index in [1.54, 1.807) is 6.20 Å². The molecule has 1 aliphatic rings. The number of rotatable bonds is 3. The molecule has 2 unspecified atom stereocenters. The van der Waals surface area contributed by atoms with Crippen LogP contribution in [0.4, 0.5) is 0 Å². The van der Waals surface area contributed by atoms with Crippen LogP contribution in [-0.2, 0) is 6.54 Å². The first-order valence-electron chi connectivity index (χ1n) is 6.75. The number of pyridine rings is 1. The van der Waals surface area contributed by atoms with Gasteiger partial charge in [0.2, 0.25) is 0 Å². The maximum absolute atomic E-state index is 8.82. The fourth-order valence-electron chi connectivity index (χ4n) is 3.02. The summed E-state index contributed by atoms with van der Waals surface area (Å²) in [5, 5.41) is 12.4. The van der Waals surface area contributed by atoms with Gasteiger partial charge in [-0.1, -0.05) is 13.8 Å². The van der Waals surface area contributed by atoms with E-state index in [9.17, 15) is 0 Å². The molecule has 0 spiro atoms. The maximum Gasteiger partial charge on any atom is 0.140 e. The number of aromatic nitrogens is 1. The number of nitriles is 1. The molecular formula is C15H21N3. The molecule has 0 aromatic carbocycles. The van der Waals surface area contributed by atoms with Gasteiger partial charge in [0.25, 0.3) is 0 Å². The Morgan fingerprint density at radius 3 is 2.72 bits per heavy atom. The average Bonchev–Trinajstić information content (AvgIpc) is 2.35. The van der Waals surface area contributed by atoms with Crippen molar-refractivity contribution in [2.24, 2.45) is 11.8 Å². The van der Waals surface area contributed by atoms with E-state index in [4.69, 9.17) is 5.26 Å². The molecule has 3 nitrogen and oxygen atoms in total. The lowest BCUT2D eigenvalue weighted by atomic mass is 9.80. The van der Waals surface area contributed by atoms with Gasteiger partial charge in [-0.05, 0) is 48.8 Å². The van der Waals surface area contributed by atoms with Gasteiger partial charge in [-0.3, -0.25) is 0 Å². The molecule has 1 aliphatic carbocycles. The van der Waals surface area contributed by atoms with Crippen LogP contribution in [0.2, 0.25) is 0 Å². The summed E-state index contributed by atoms with van der Waals surface area (Å²) in [4.78, 5) is 3.99. The number of hydrogen-bond donors (Lipinski definition) is 1. The molecule has 2 rings (SSSR count). The van der Waals surface area contributed by atoms with Crippen molar-refractivity contribution in [2.45, 2.75) is 45.7 Å². The van der Waals surface area contributed by atoms with Gasteiger partial charge in [0, 0.05) is 18.8 Å². The minimum absolute atomic E-state index is 0.500. The summed E-state index contributed by atoms with van der Waals surface area (Å²) >= 11 is 0. The van der Waals surface area contributed by atoms with E-state index in [-0.39, 0.29) is 0 Å². The fraction of sp³-hybridized carbons (Fsp3) is 0.600. The highest BCUT2D eigenvalue weighted by molar-refractivity contribution is 5.25. The second-order valence-electron chi connectivity index (χ2n) is 5.66. The first-order chi connectivity index (χ1) is 8.67. The number of hydrogen-bond acceptors (Lipinski definition) is 3. The van der Waals surface area contributed by atoms with Crippen LogP contribution in [0.3, 0.4) is 0 Å². The summed E-state index contributed by atoms with van der Waals surface area (Å²) in [7, 11) is 0. The topological polar surface area (TPSA) is 48.7 Å². The molecule has 0 bridgehead atoms. The Morgan fingerprint density at radius 2 is 2.06 bits per heavy atom. The second-order valence-corrected chi connectivity index (χ2v) is 5.66. The minimum atomic E-state index is 0.500. The third-order valence-electron chi connectivity index (χ3n) is 3.71. The molecule has 0 amide bonds. The molecule has 1 saturated carbocycles. The van der Waals surface area contributed by atoms with E-state index in [2.05, 4.69) is 30.2 Å². The van der Waals surface area contributed by atoms with Gasteiger partial charge in [-0.25, -0.2) is 4.98 Å². The standard InChI is InChI=1S/C15H21N3/c1-11-5-12(2)7-14(6-11)18-10-13-3-4-17-15(8-13)9-16/h3-4,8,11-12,14,18H,5-7,10H2,1-2H3. The highest BCUT2D eigenvalue weighted by Gasteiger charge is 2.23. The normalized spacial score (nSPS) is 27.7. The quantitative estimate of drug-likeness (QED) is 0.888. The molecule has 1 N–H and O–H groups in total. The van der Waals surface area contributed by atoms with Crippen LogP contribution >= 0.6 is 0 Å². The van der Waals surface area contributed by atoms with Gasteiger partial charge in [0.05, 0.1) is 0 Å². The van der Waals surface area contributed by atoms with Gasteiger partial charge in [-0.2, -0.15) is 5.26 Å². The highest BCUT2D eigenvalue weighted by atomic mass is 14.9. The summed E-state index contributed by atoms with van der Waals surface area (Å²) < 4.78 is 0. The van der Waals surface area contributed by atoms with Crippen LogP contribution in [0.5, 0.6) is 0 Å². The molecule has 18 heavy (non-hydrogen) atoms. The van der Waals surface area contributed by atoms with Gasteiger partial charge in [0.1, 0.15) is 11.8 Å². The van der Waals surface area contributed by atoms with E-state index in [1.807, 2.05) is 12.1 Å². The van der Waals surface area contributed by atoms with E-state index in [1.165, 1.54) is 19.3 Å². The van der Waals surface area contributed by atoms with E-state index in [0.29, 0.717) is 11.7 Å². The Bertz CT molecular complexity index is 426. The monoisotopic (exact) mass is 243 g/mol. The van der Waals surface area contributed by atoms with Crippen molar-refractivity contribution >= 4 is 0 Å². The van der Waals surface area contributed by atoms with Gasteiger partial charge < -0.3 is 5.32 Å². The summed E-state index contributed by atoms with van der Waals surface area (Å²) in [6, 6.07) is 6.53. The zero-order valence-corrected chi connectivity index (χ0v) is 11.2. The first-order valence-corrected chi connectivity index (χ1v) is 6.75. The third-order valence-corrected chi connectivity index (χ3v) is 3.71. The molecule has 1 fully saturated rings. The van der Waals surface area contributed by atoms with Gasteiger partial charge >= 0.3 is 0 Å². The van der Waals surface area contributed by atoms with Crippen LogP contribution in [0, 0.1) is 23.2 Å². The fourth-order valence-corrected chi connectivity index (χ4v) is 3.02.